The minimum atomic E-state index is -0.615. The number of nitrogens with two attached hydrogens (primary N) is 2. The molecule has 236 valence electrons. The summed E-state index contributed by atoms with van der Waals surface area (Å²) in [6, 6.07) is 14.2. The van der Waals surface area contributed by atoms with Crippen molar-refractivity contribution in [2.75, 3.05) is 5.73 Å². The van der Waals surface area contributed by atoms with Gasteiger partial charge in [-0.25, -0.2) is 9.37 Å². The maximum Gasteiger partial charge on any atom is 0.254 e. The Balaban J connectivity index is 0.000000352. The lowest BCUT2D eigenvalue weighted by molar-refractivity contribution is 0.0922. The van der Waals surface area contributed by atoms with Gasteiger partial charge in [-0.05, 0) is 91.3 Å². The molecule has 7 rings (SSSR count). The molecule has 0 saturated carbocycles. The van der Waals surface area contributed by atoms with E-state index in [1.807, 2.05) is 24.4 Å². The van der Waals surface area contributed by atoms with Crippen molar-refractivity contribution in [3.63, 3.8) is 0 Å². The molecule has 1 aliphatic carbocycles. The van der Waals surface area contributed by atoms with E-state index in [0.717, 1.165) is 20.5 Å². The van der Waals surface area contributed by atoms with Crippen LogP contribution in [0, 0.1) is 11.7 Å². The van der Waals surface area contributed by atoms with Crippen molar-refractivity contribution < 1.29 is 14.0 Å². The average Bonchev–Trinajstić information content (AvgIpc) is 3.68. The van der Waals surface area contributed by atoms with Crippen LogP contribution in [-0.2, 0) is 32.1 Å². The first kappa shape index (κ1) is 31.3. The Morgan fingerprint density at radius 3 is 2.59 bits per heavy atom. The molecule has 5 aromatic rings. The van der Waals surface area contributed by atoms with Crippen LogP contribution in [0.1, 0.15) is 75.6 Å². The molecular formula is C36H37FN6O2S. The molecule has 4 aromatic heterocycles. The largest absolute Gasteiger partial charge is 0.383 e. The van der Waals surface area contributed by atoms with Gasteiger partial charge in [-0.15, -0.1) is 11.3 Å². The lowest BCUT2D eigenvalue weighted by Crippen LogP contribution is -2.43. The molecule has 10 heteroatoms. The van der Waals surface area contributed by atoms with Gasteiger partial charge in [-0.2, -0.15) is 0 Å². The van der Waals surface area contributed by atoms with Gasteiger partial charge in [-0.1, -0.05) is 32.0 Å². The number of benzene rings is 1. The number of anilines is 1. The summed E-state index contributed by atoms with van der Waals surface area (Å²) in [5, 5.41) is 3.98. The van der Waals surface area contributed by atoms with Gasteiger partial charge in [0.15, 0.2) is 0 Å². The van der Waals surface area contributed by atoms with Crippen LogP contribution < -0.4 is 16.8 Å². The number of pyridine rings is 3. The number of hydrogen-bond donors (Lipinski definition) is 3. The number of nitrogens with zero attached hydrogens (tertiary/aromatic N) is 3. The maximum atomic E-state index is 13.6. The zero-order valence-electron chi connectivity index (χ0n) is 26.0. The highest BCUT2D eigenvalue weighted by atomic mass is 32.1. The van der Waals surface area contributed by atoms with Crippen LogP contribution in [0.4, 0.5) is 10.2 Å². The number of carbonyl (C=O) groups is 2. The second-order valence-corrected chi connectivity index (χ2v) is 13.4. The number of aromatic nitrogens is 3. The fraction of sp³-hybridized carbons (Fsp3) is 0.306. The van der Waals surface area contributed by atoms with Crippen molar-refractivity contribution in [1.82, 2.24) is 20.3 Å². The molecule has 0 saturated heterocycles. The summed E-state index contributed by atoms with van der Waals surface area (Å²) in [7, 11) is 0. The van der Waals surface area contributed by atoms with Crippen molar-refractivity contribution >= 4 is 39.1 Å². The van der Waals surface area contributed by atoms with Gasteiger partial charge < -0.3 is 16.8 Å². The van der Waals surface area contributed by atoms with Crippen LogP contribution in [-0.4, -0.2) is 32.8 Å². The molecule has 5 N–H and O–H groups in total. The molecule has 1 unspecified atom stereocenters. The van der Waals surface area contributed by atoms with E-state index in [2.05, 4.69) is 35.2 Å². The second kappa shape index (κ2) is 13.3. The number of aryl methyl sites for hydroxylation is 3. The maximum absolute atomic E-state index is 13.6. The molecular weight excluding hydrogens is 600 g/mol. The van der Waals surface area contributed by atoms with Gasteiger partial charge in [-0.3, -0.25) is 19.6 Å². The van der Waals surface area contributed by atoms with E-state index in [1.54, 1.807) is 18.3 Å². The molecule has 2 aliphatic rings. The van der Waals surface area contributed by atoms with E-state index < -0.39 is 5.91 Å². The summed E-state index contributed by atoms with van der Waals surface area (Å²) >= 11 is 1.39. The summed E-state index contributed by atoms with van der Waals surface area (Å²) in [5.41, 5.74) is 18.2. The van der Waals surface area contributed by atoms with Gasteiger partial charge in [0.2, 0.25) is 0 Å². The Bertz CT molecular complexity index is 1900. The van der Waals surface area contributed by atoms with Gasteiger partial charge in [0.25, 0.3) is 11.8 Å². The highest BCUT2D eigenvalue weighted by molar-refractivity contribution is 7.22. The van der Waals surface area contributed by atoms with Gasteiger partial charge >= 0.3 is 0 Å². The number of nitrogen functional groups attached to an aromatic ring is 1. The number of amides is 2. The zero-order chi connectivity index (χ0) is 32.4. The third-order valence-corrected chi connectivity index (χ3v) is 9.63. The molecule has 1 aromatic carbocycles. The summed E-state index contributed by atoms with van der Waals surface area (Å²) in [5.74, 6) is -0.553. The lowest BCUT2D eigenvalue weighted by atomic mass is 9.87. The second-order valence-electron chi connectivity index (χ2n) is 12.3. The molecule has 0 radical (unpaired) electrons. The number of rotatable bonds is 7. The highest BCUT2D eigenvalue weighted by Crippen LogP contribution is 2.41. The van der Waals surface area contributed by atoms with Crippen molar-refractivity contribution in [2.45, 2.75) is 64.8 Å². The molecule has 5 heterocycles. The number of primary amides is 1. The molecule has 2 amide bonds. The molecule has 1 aliphatic heterocycles. The summed E-state index contributed by atoms with van der Waals surface area (Å²) in [4.78, 5) is 40.4. The van der Waals surface area contributed by atoms with Crippen LogP contribution in [0.15, 0.2) is 60.9 Å². The van der Waals surface area contributed by atoms with Crippen LogP contribution in [0.25, 0.3) is 20.5 Å². The van der Waals surface area contributed by atoms with E-state index in [4.69, 9.17) is 16.5 Å². The molecule has 46 heavy (non-hydrogen) atoms. The zero-order valence-corrected chi connectivity index (χ0v) is 26.8. The quantitative estimate of drug-likeness (QED) is 0.194. The number of carbonyl (C=O) groups excluding carboxylic acids is 2. The number of halogens is 1. The van der Waals surface area contributed by atoms with E-state index in [-0.39, 0.29) is 29.2 Å². The van der Waals surface area contributed by atoms with E-state index in [1.165, 1.54) is 54.0 Å². The third-order valence-electron chi connectivity index (χ3n) is 8.44. The molecule has 8 nitrogen and oxygen atoms in total. The van der Waals surface area contributed by atoms with Gasteiger partial charge in [0, 0.05) is 41.0 Å². The summed E-state index contributed by atoms with van der Waals surface area (Å²) in [6.45, 7) is 4.10. The van der Waals surface area contributed by atoms with Crippen LogP contribution >= 0.6 is 11.3 Å². The van der Waals surface area contributed by atoms with E-state index in [0.29, 0.717) is 54.0 Å². The lowest BCUT2D eigenvalue weighted by Gasteiger charge is -2.28. The van der Waals surface area contributed by atoms with Crippen molar-refractivity contribution in [1.29, 1.82) is 0 Å². The predicted octanol–water partition coefficient (Wildman–Crippen LogP) is 6.23. The van der Waals surface area contributed by atoms with Crippen LogP contribution in [0.5, 0.6) is 0 Å². The Labute approximate surface area is 271 Å². The first-order valence-corrected chi connectivity index (χ1v) is 16.5. The molecule has 0 spiro atoms. The van der Waals surface area contributed by atoms with Gasteiger partial charge in [0.1, 0.15) is 11.6 Å². The first-order valence-electron chi connectivity index (χ1n) is 15.7. The molecule has 0 fully saturated rings. The van der Waals surface area contributed by atoms with Crippen LogP contribution in [0.3, 0.4) is 0 Å². The smallest absolute Gasteiger partial charge is 0.254 e. The predicted molar refractivity (Wildman–Crippen MR) is 180 cm³/mol. The Kier molecular flexibility index (Phi) is 9.08. The summed E-state index contributed by atoms with van der Waals surface area (Å²) in [6.07, 6.45) is 9.68. The Morgan fingerprint density at radius 2 is 1.87 bits per heavy atom. The molecule has 0 bridgehead atoms. The number of fused-ring (bicyclic) bond motifs is 3. The van der Waals surface area contributed by atoms with E-state index >= 15 is 0 Å². The number of nitrogens with one attached hydrogen (secondary N) is 1. The average molecular weight is 637 g/mol. The van der Waals surface area contributed by atoms with Crippen molar-refractivity contribution in [3.8, 4) is 10.4 Å². The topological polar surface area (TPSA) is 137 Å². The molecule has 1 atom stereocenters. The normalized spacial score (nSPS) is 15.2. The monoisotopic (exact) mass is 636 g/mol. The highest BCUT2D eigenvalue weighted by Gasteiger charge is 2.34. The van der Waals surface area contributed by atoms with Crippen molar-refractivity contribution in [3.05, 3.63) is 106 Å². The third kappa shape index (κ3) is 6.62. The summed E-state index contributed by atoms with van der Waals surface area (Å²) < 4.78 is 14.1. The van der Waals surface area contributed by atoms with Crippen molar-refractivity contribution in [2.24, 2.45) is 11.7 Å². The minimum absolute atomic E-state index is 0.140. The van der Waals surface area contributed by atoms with E-state index in [9.17, 15) is 14.0 Å². The number of hydrogen-bond acceptors (Lipinski definition) is 7. The first-order chi connectivity index (χ1) is 22.2. The Hall–Kier alpha value is -4.70. The van der Waals surface area contributed by atoms with Gasteiger partial charge in [0.05, 0.1) is 27.2 Å². The minimum Gasteiger partial charge on any atom is -0.383 e. The SMILES string of the molecule is CC(C)Cc1nc2c(c(-c3cc4ccnc(N)c4s3)c1C(N)=O)C(=O)NC(CCc1ccc(F)cc1)C2.c1cnc2c(c1)CCC2. The Morgan fingerprint density at radius 1 is 1.07 bits per heavy atom. The van der Waals surface area contributed by atoms with Crippen LogP contribution in [0.2, 0.25) is 0 Å². The number of thiophene rings is 1. The standard InChI is InChI=1S/C28H28FN5O2S.C8H9N/c1-14(2)11-19-22(27(31)35)24(21-12-16-9-10-32-26(30)25(16)37-21)23-20(34-19)13-18(33-28(23)36)8-5-15-3-6-17(29)7-4-15;1-3-7-4-2-6-9-8(7)5-1/h3-4,6-7,9-10,12,14,18H,5,8,11,13H2,1-2H3,(H2,30,32)(H2,31,35)(H,33,36);2,4,6H,1,3,5H2. The fourth-order valence-corrected chi connectivity index (χ4v) is 7.43. The fourth-order valence-electron chi connectivity index (χ4n) is 6.31.